The Bertz CT molecular complexity index is 1110. The highest BCUT2D eigenvalue weighted by Gasteiger charge is 2.27. The lowest BCUT2D eigenvalue weighted by molar-refractivity contribution is 0.254. The van der Waals surface area contributed by atoms with Crippen LogP contribution in [0.5, 0.6) is 5.88 Å². The van der Waals surface area contributed by atoms with E-state index < -0.39 is 15.9 Å². The van der Waals surface area contributed by atoms with Gasteiger partial charge in [0.25, 0.3) is 0 Å². The first-order valence-electron chi connectivity index (χ1n) is 10.6. The van der Waals surface area contributed by atoms with Gasteiger partial charge in [0, 0.05) is 12.2 Å². The van der Waals surface area contributed by atoms with Crippen molar-refractivity contribution in [2.75, 3.05) is 11.9 Å². The van der Waals surface area contributed by atoms with Crippen molar-refractivity contribution in [1.82, 2.24) is 9.78 Å². The average Bonchev–Trinajstić information content (AvgIpc) is 3.41. The molecule has 2 atom stereocenters. The molecule has 3 N–H and O–H groups in total. The second-order valence-electron chi connectivity index (χ2n) is 8.57. The third-order valence-electron chi connectivity index (χ3n) is 6.34. The molecule has 2 amide bonds. The van der Waals surface area contributed by atoms with Gasteiger partial charge in [-0.15, -0.1) is 4.36 Å². The standard InChI is InChI=1S/C21H27N5O3S/c1-13-8-9-26-20(29-12-13)18(11-23-26)30(22,28)25-21(27)24-19-16-6-2-4-14(16)10-15-5-3-7-17(15)19/h10-11,13H,2-9,12H2,1H3,(H3,22,24,25,27,28). The molecule has 9 heteroatoms. The predicted octanol–water partition coefficient (Wildman–Crippen LogP) is 3.21. The van der Waals surface area contributed by atoms with E-state index in [4.69, 9.17) is 9.88 Å². The largest absolute Gasteiger partial charge is 0.477 e. The lowest BCUT2D eigenvalue weighted by Gasteiger charge is -2.15. The molecule has 8 nitrogen and oxygen atoms in total. The first kappa shape index (κ1) is 19.6. The number of fused-ring (bicyclic) bond motifs is 3. The number of benzene rings is 1. The van der Waals surface area contributed by atoms with Crippen LogP contribution in [0.15, 0.2) is 21.5 Å². The Balaban J connectivity index is 1.46. The van der Waals surface area contributed by atoms with Crippen LogP contribution < -0.4 is 15.2 Å². The summed E-state index contributed by atoms with van der Waals surface area (Å²) >= 11 is 0. The van der Waals surface area contributed by atoms with E-state index in [1.54, 1.807) is 4.68 Å². The van der Waals surface area contributed by atoms with Crippen LogP contribution in [0.25, 0.3) is 0 Å². The summed E-state index contributed by atoms with van der Waals surface area (Å²) < 4.78 is 24.5. The highest BCUT2D eigenvalue weighted by Crippen LogP contribution is 2.38. The second kappa shape index (κ2) is 7.39. The first-order valence-corrected chi connectivity index (χ1v) is 12.2. The minimum Gasteiger partial charge on any atom is -0.477 e. The Morgan fingerprint density at radius 3 is 2.67 bits per heavy atom. The average molecular weight is 430 g/mol. The Kier molecular flexibility index (Phi) is 4.82. The summed E-state index contributed by atoms with van der Waals surface area (Å²) in [5.74, 6) is 0.709. The molecule has 0 saturated heterocycles. The number of amides is 2. The smallest absolute Gasteiger partial charge is 0.354 e. The summed E-state index contributed by atoms with van der Waals surface area (Å²) in [5, 5.41) is 13.2. The second-order valence-corrected chi connectivity index (χ2v) is 10.3. The predicted molar refractivity (Wildman–Crippen MR) is 114 cm³/mol. The molecular weight excluding hydrogens is 402 g/mol. The fraction of sp³-hybridized carbons (Fsp3) is 0.524. The van der Waals surface area contributed by atoms with Crippen LogP contribution in [0.3, 0.4) is 0 Å². The number of hydrogen-bond acceptors (Lipinski definition) is 4. The molecule has 0 saturated carbocycles. The molecule has 2 aliphatic carbocycles. The molecule has 0 bridgehead atoms. The van der Waals surface area contributed by atoms with Crippen LogP contribution in [-0.4, -0.2) is 26.6 Å². The number of rotatable bonds is 2. The molecule has 0 radical (unpaired) electrons. The van der Waals surface area contributed by atoms with Gasteiger partial charge < -0.3 is 10.1 Å². The molecular formula is C21H27N5O3S. The molecule has 160 valence electrons. The molecule has 30 heavy (non-hydrogen) atoms. The van der Waals surface area contributed by atoms with Gasteiger partial charge in [-0.2, -0.15) is 5.10 Å². The van der Waals surface area contributed by atoms with E-state index in [0.717, 1.165) is 50.6 Å². The zero-order valence-electron chi connectivity index (χ0n) is 17.1. The van der Waals surface area contributed by atoms with Crippen LogP contribution in [0.2, 0.25) is 0 Å². The Morgan fingerprint density at radius 2 is 1.97 bits per heavy atom. The summed E-state index contributed by atoms with van der Waals surface area (Å²) in [7, 11) is -3.48. The maximum atomic E-state index is 13.2. The van der Waals surface area contributed by atoms with Crippen molar-refractivity contribution in [3.63, 3.8) is 0 Å². The van der Waals surface area contributed by atoms with Gasteiger partial charge in [-0.05, 0) is 73.1 Å². The summed E-state index contributed by atoms with van der Waals surface area (Å²) in [4.78, 5) is 13.0. The fourth-order valence-electron chi connectivity index (χ4n) is 4.78. The van der Waals surface area contributed by atoms with E-state index in [-0.39, 0.29) is 4.90 Å². The summed E-state index contributed by atoms with van der Waals surface area (Å²) in [6, 6.07) is 1.61. The van der Waals surface area contributed by atoms with E-state index in [1.165, 1.54) is 28.5 Å². The lowest BCUT2D eigenvalue weighted by atomic mass is 9.99. The number of carbonyl (C=O) groups excluding carboxylic acids is 1. The van der Waals surface area contributed by atoms with Crippen molar-refractivity contribution in [2.45, 2.75) is 63.3 Å². The molecule has 1 aliphatic heterocycles. The van der Waals surface area contributed by atoms with E-state index in [0.29, 0.717) is 24.9 Å². The van der Waals surface area contributed by atoms with Crippen LogP contribution in [0, 0.1) is 5.92 Å². The SMILES string of the molecule is CC1CCn2ncc(S(N)(=O)=NC(=O)Nc3c4c(cc5c3CCC5)CCC4)c2OC1. The van der Waals surface area contributed by atoms with Crippen LogP contribution in [-0.2, 0) is 42.1 Å². The quantitative estimate of drug-likeness (QED) is 0.763. The number of nitrogens with two attached hydrogens (primary N) is 1. The van der Waals surface area contributed by atoms with Gasteiger partial charge in [-0.3, -0.25) is 0 Å². The van der Waals surface area contributed by atoms with E-state index in [2.05, 4.69) is 27.8 Å². The number of aromatic nitrogens is 2. The summed E-state index contributed by atoms with van der Waals surface area (Å²) in [6.45, 7) is 3.23. The number of carbonyl (C=O) groups is 1. The van der Waals surface area contributed by atoms with Crippen molar-refractivity contribution in [3.8, 4) is 5.88 Å². The molecule has 1 aromatic carbocycles. The van der Waals surface area contributed by atoms with Crippen LogP contribution >= 0.6 is 0 Å². The first-order chi connectivity index (χ1) is 14.4. The molecule has 0 spiro atoms. The Morgan fingerprint density at radius 1 is 1.27 bits per heavy atom. The molecule has 2 unspecified atom stereocenters. The van der Waals surface area contributed by atoms with E-state index >= 15 is 0 Å². The van der Waals surface area contributed by atoms with Crippen LogP contribution in [0.1, 0.15) is 48.4 Å². The third kappa shape index (κ3) is 3.39. The maximum absolute atomic E-state index is 13.2. The maximum Gasteiger partial charge on any atom is 0.354 e. The van der Waals surface area contributed by atoms with Crippen LogP contribution in [0.4, 0.5) is 10.5 Å². The highest BCUT2D eigenvalue weighted by atomic mass is 32.2. The third-order valence-corrected chi connectivity index (χ3v) is 7.68. The minimum absolute atomic E-state index is 0.176. The van der Waals surface area contributed by atoms with Crippen molar-refractivity contribution in [1.29, 1.82) is 0 Å². The molecule has 2 heterocycles. The van der Waals surface area contributed by atoms with Gasteiger partial charge in [-0.1, -0.05) is 13.0 Å². The van der Waals surface area contributed by atoms with Gasteiger partial charge >= 0.3 is 6.03 Å². The Labute approximate surface area is 176 Å². The van der Waals surface area contributed by atoms with E-state index in [9.17, 15) is 9.00 Å². The zero-order chi connectivity index (χ0) is 20.9. The number of urea groups is 1. The van der Waals surface area contributed by atoms with Crippen molar-refractivity contribution in [2.24, 2.45) is 15.4 Å². The van der Waals surface area contributed by atoms with Gasteiger partial charge in [0.2, 0.25) is 5.88 Å². The van der Waals surface area contributed by atoms with Crippen molar-refractivity contribution < 1.29 is 13.7 Å². The molecule has 3 aliphatic rings. The topological polar surface area (TPSA) is 112 Å². The number of anilines is 1. The lowest BCUT2D eigenvalue weighted by Crippen LogP contribution is -2.19. The monoisotopic (exact) mass is 429 g/mol. The Hall–Kier alpha value is -2.39. The summed E-state index contributed by atoms with van der Waals surface area (Å²) in [5.41, 5.74) is 5.87. The molecule has 2 aromatic rings. The van der Waals surface area contributed by atoms with Gasteiger partial charge in [0.15, 0.2) is 9.92 Å². The van der Waals surface area contributed by atoms with Crippen molar-refractivity contribution in [3.05, 3.63) is 34.5 Å². The normalized spacial score (nSPS) is 21.6. The number of ether oxygens (including phenoxy) is 1. The number of nitrogens with zero attached hydrogens (tertiary/aromatic N) is 3. The number of nitrogens with one attached hydrogen (secondary N) is 1. The minimum atomic E-state index is -3.48. The molecule has 5 rings (SSSR count). The number of aryl methyl sites for hydroxylation is 3. The molecule has 1 aromatic heterocycles. The van der Waals surface area contributed by atoms with Gasteiger partial charge in [-0.25, -0.2) is 18.8 Å². The van der Waals surface area contributed by atoms with E-state index in [1.807, 2.05) is 0 Å². The van der Waals surface area contributed by atoms with Gasteiger partial charge in [0.05, 0.1) is 12.8 Å². The highest BCUT2D eigenvalue weighted by molar-refractivity contribution is 7.91. The van der Waals surface area contributed by atoms with Gasteiger partial charge in [0.1, 0.15) is 4.90 Å². The number of hydrogen-bond donors (Lipinski definition) is 2. The summed E-state index contributed by atoms with van der Waals surface area (Å²) in [6.07, 6.45) is 8.44. The zero-order valence-corrected chi connectivity index (χ0v) is 18.0. The molecule has 0 fully saturated rings. The van der Waals surface area contributed by atoms with Crippen molar-refractivity contribution >= 4 is 21.6 Å². The fourth-order valence-corrected chi connectivity index (χ4v) is 5.78.